The van der Waals surface area contributed by atoms with E-state index >= 15 is 0 Å². The number of aliphatic hydroxyl groups excluding tert-OH is 2. The van der Waals surface area contributed by atoms with Gasteiger partial charge >= 0.3 is 0 Å². The van der Waals surface area contributed by atoms with Gasteiger partial charge in [-0.2, -0.15) is 0 Å². The third-order valence-corrected chi connectivity index (χ3v) is 1.92. The number of ketones is 1. The molecule has 0 aromatic carbocycles. The Bertz CT molecular complexity index is 231. The second kappa shape index (κ2) is 3.82. The number of nitrogens with one attached hydrogen (secondary N) is 1. The summed E-state index contributed by atoms with van der Waals surface area (Å²) in [5, 5.41) is 18.9. The summed E-state index contributed by atoms with van der Waals surface area (Å²) < 4.78 is 0. The van der Waals surface area contributed by atoms with Crippen LogP contribution in [0.5, 0.6) is 0 Å². The fourth-order valence-electron chi connectivity index (χ4n) is 1.30. The van der Waals surface area contributed by atoms with Crippen molar-refractivity contribution in [2.75, 3.05) is 13.2 Å². The number of nitrogens with zero attached hydrogens (tertiary/aromatic N) is 1. The van der Waals surface area contributed by atoms with Gasteiger partial charge in [-0.3, -0.25) is 14.6 Å². The Morgan fingerprint density at radius 1 is 1.85 bits per heavy atom. The minimum Gasteiger partial charge on any atom is -0.394 e. The third kappa shape index (κ3) is 1.85. The van der Waals surface area contributed by atoms with E-state index in [-0.39, 0.29) is 18.2 Å². The van der Waals surface area contributed by atoms with Crippen LogP contribution in [-0.2, 0) is 9.59 Å². The predicted octanol–water partition coefficient (Wildman–Crippen LogP) is -2.36. The molecule has 6 nitrogen and oxygen atoms in total. The average molecular weight is 188 g/mol. The van der Waals surface area contributed by atoms with E-state index in [0.717, 1.165) is 5.01 Å². The number of hydrazine groups is 1. The highest BCUT2D eigenvalue weighted by Crippen LogP contribution is 2.09. The van der Waals surface area contributed by atoms with Crippen molar-refractivity contribution in [2.45, 2.75) is 19.1 Å². The van der Waals surface area contributed by atoms with E-state index < -0.39 is 18.8 Å². The maximum absolute atomic E-state index is 11.2. The Morgan fingerprint density at radius 2 is 2.46 bits per heavy atom. The first-order valence-electron chi connectivity index (χ1n) is 3.93. The summed E-state index contributed by atoms with van der Waals surface area (Å²) >= 11 is 0. The van der Waals surface area contributed by atoms with Crippen LogP contribution in [0.25, 0.3) is 0 Å². The lowest BCUT2D eigenvalue weighted by atomic mass is 10.1. The molecule has 3 N–H and O–H groups in total. The summed E-state index contributed by atoms with van der Waals surface area (Å²) in [6.07, 6.45) is -1.22. The summed E-state index contributed by atoms with van der Waals surface area (Å²) in [5.74, 6) is -0.653. The van der Waals surface area contributed by atoms with E-state index in [1.165, 1.54) is 6.92 Å². The van der Waals surface area contributed by atoms with Crippen molar-refractivity contribution < 1.29 is 19.8 Å². The molecule has 1 saturated heterocycles. The van der Waals surface area contributed by atoms with Crippen molar-refractivity contribution in [1.82, 2.24) is 10.4 Å². The molecule has 13 heavy (non-hydrogen) atoms. The molecular weight excluding hydrogens is 176 g/mol. The first-order valence-corrected chi connectivity index (χ1v) is 3.93. The molecule has 0 spiro atoms. The molecule has 2 atom stereocenters. The van der Waals surface area contributed by atoms with Crippen molar-refractivity contribution in [1.29, 1.82) is 0 Å². The topological polar surface area (TPSA) is 89.9 Å². The van der Waals surface area contributed by atoms with Gasteiger partial charge in [0, 0.05) is 6.92 Å². The molecule has 1 heterocycles. The standard InChI is InChI=1S/C7H12N2O4/c1-4(11)9-7(6(13)3-10)5(12)2-8-9/h6-8,10,13H,2-3H2,1H3/t6-,7?/m1/s1. The molecule has 1 amide bonds. The molecule has 74 valence electrons. The summed E-state index contributed by atoms with van der Waals surface area (Å²) in [6, 6.07) is -0.956. The highest BCUT2D eigenvalue weighted by molar-refractivity contribution is 5.92. The van der Waals surface area contributed by atoms with E-state index in [4.69, 9.17) is 5.11 Å². The zero-order valence-electron chi connectivity index (χ0n) is 7.23. The number of hydrogen-bond acceptors (Lipinski definition) is 5. The molecule has 1 aliphatic heterocycles. The summed E-state index contributed by atoms with van der Waals surface area (Å²) in [4.78, 5) is 22.1. The van der Waals surface area contributed by atoms with Gasteiger partial charge < -0.3 is 10.2 Å². The van der Waals surface area contributed by atoms with Crippen LogP contribution in [0.4, 0.5) is 0 Å². The van der Waals surface area contributed by atoms with Gasteiger partial charge in [-0.1, -0.05) is 0 Å². The van der Waals surface area contributed by atoms with Crippen molar-refractivity contribution >= 4 is 11.7 Å². The monoisotopic (exact) mass is 188 g/mol. The number of amides is 1. The van der Waals surface area contributed by atoms with Crippen molar-refractivity contribution in [2.24, 2.45) is 0 Å². The molecule has 1 rings (SSSR count). The second-order valence-corrected chi connectivity index (χ2v) is 2.88. The molecule has 1 aliphatic rings. The summed E-state index contributed by atoms with van der Waals surface area (Å²) in [7, 11) is 0. The fourth-order valence-corrected chi connectivity index (χ4v) is 1.30. The quantitative estimate of drug-likeness (QED) is 0.451. The van der Waals surface area contributed by atoms with Gasteiger partial charge in [-0.05, 0) is 0 Å². The number of Topliss-reactive ketones (excluding diaryl/α,β-unsaturated/α-hetero) is 1. The van der Waals surface area contributed by atoms with Crippen LogP contribution in [0.1, 0.15) is 6.92 Å². The zero-order chi connectivity index (χ0) is 10.0. The van der Waals surface area contributed by atoms with E-state index in [1.54, 1.807) is 0 Å². The Morgan fingerprint density at radius 3 is 2.92 bits per heavy atom. The molecule has 0 aromatic heterocycles. The van der Waals surface area contributed by atoms with Gasteiger partial charge in [-0.25, -0.2) is 5.43 Å². The molecule has 1 unspecified atom stereocenters. The SMILES string of the molecule is CC(=O)N1NCC(=O)C1[C@H](O)CO. The van der Waals surface area contributed by atoms with Gasteiger partial charge in [-0.15, -0.1) is 0 Å². The highest BCUT2D eigenvalue weighted by Gasteiger charge is 2.38. The Labute approximate surface area is 75.1 Å². The van der Waals surface area contributed by atoms with E-state index in [1.807, 2.05) is 0 Å². The first-order chi connectivity index (χ1) is 6.07. The van der Waals surface area contributed by atoms with E-state index in [9.17, 15) is 14.7 Å². The van der Waals surface area contributed by atoms with Crippen LogP contribution in [0.2, 0.25) is 0 Å². The number of hydrogen-bond donors (Lipinski definition) is 3. The third-order valence-electron chi connectivity index (χ3n) is 1.92. The molecular formula is C7H12N2O4. The Hall–Kier alpha value is -0.980. The molecule has 1 fully saturated rings. The number of rotatable bonds is 2. The summed E-state index contributed by atoms with van der Waals surface area (Å²) in [6.45, 7) is 0.756. The first kappa shape index (κ1) is 10.1. The minimum absolute atomic E-state index is 0.0152. The molecule has 6 heteroatoms. The number of carbonyl (C=O) groups excluding carboxylic acids is 2. The highest BCUT2D eigenvalue weighted by atomic mass is 16.3. The van der Waals surface area contributed by atoms with Crippen LogP contribution in [-0.4, -0.2) is 52.2 Å². The maximum atomic E-state index is 11.2. The zero-order valence-corrected chi connectivity index (χ0v) is 7.23. The van der Waals surface area contributed by atoms with Crippen LogP contribution >= 0.6 is 0 Å². The lowest BCUT2D eigenvalue weighted by Gasteiger charge is -2.24. The van der Waals surface area contributed by atoms with Gasteiger partial charge in [0.25, 0.3) is 0 Å². The fraction of sp³-hybridized carbons (Fsp3) is 0.714. The van der Waals surface area contributed by atoms with Crippen molar-refractivity contribution in [3.05, 3.63) is 0 Å². The van der Waals surface area contributed by atoms with Gasteiger partial charge in [0.15, 0.2) is 5.78 Å². The van der Waals surface area contributed by atoms with Gasteiger partial charge in [0.05, 0.1) is 13.2 Å². The Kier molecular flexibility index (Phi) is 2.97. The normalized spacial score (nSPS) is 25.0. The minimum atomic E-state index is -1.22. The van der Waals surface area contributed by atoms with Crippen molar-refractivity contribution in [3.63, 3.8) is 0 Å². The smallest absolute Gasteiger partial charge is 0.234 e. The molecule has 0 bridgehead atoms. The lowest BCUT2D eigenvalue weighted by Crippen LogP contribution is -2.49. The molecule has 0 aliphatic carbocycles. The van der Waals surface area contributed by atoms with Crippen LogP contribution in [0.3, 0.4) is 0 Å². The van der Waals surface area contributed by atoms with Crippen LogP contribution in [0, 0.1) is 0 Å². The summed E-state index contributed by atoms with van der Waals surface area (Å²) in [5.41, 5.74) is 2.53. The molecule has 0 saturated carbocycles. The largest absolute Gasteiger partial charge is 0.394 e. The van der Waals surface area contributed by atoms with E-state index in [0.29, 0.717) is 0 Å². The Balaban J connectivity index is 2.76. The second-order valence-electron chi connectivity index (χ2n) is 2.88. The van der Waals surface area contributed by atoms with Gasteiger partial charge in [0.2, 0.25) is 5.91 Å². The molecule has 0 radical (unpaired) electrons. The number of carbonyl (C=O) groups is 2. The van der Waals surface area contributed by atoms with Gasteiger partial charge in [0.1, 0.15) is 12.1 Å². The number of aliphatic hydroxyl groups is 2. The predicted molar refractivity (Wildman–Crippen MR) is 42.4 cm³/mol. The average Bonchev–Trinajstić information content (AvgIpc) is 2.46. The van der Waals surface area contributed by atoms with Crippen LogP contribution < -0.4 is 5.43 Å². The molecule has 0 aromatic rings. The van der Waals surface area contributed by atoms with Crippen molar-refractivity contribution in [3.8, 4) is 0 Å². The maximum Gasteiger partial charge on any atom is 0.234 e. The van der Waals surface area contributed by atoms with Crippen LogP contribution in [0.15, 0.2) is 0 Å². The van der Waals surface area contributed by atoms with E-state index in [2.05, 4.69) is 5.43 Å². The lowest BCUT2D eigenvalue weighted by molar-refractivity contribution is -0.139.